The summed E-state index contributed by atoms with van der Waals surface area (Å²) in [4.78, 5) is 22.7. The van der Waals surface area contributed by atoms with Crippen molar-refractivity contribution in [2.24, 2.45) is 0 Å². The summed E-state index contributed by atoms with van der Waals surface area (Å²) in [5.74, 6) is -0.226. The Morgan fingerprint density at radius 1 is 1.29 bits per heavy atom. The third kappa shape index (κ3) is 4.93. The quantitative estimate of drug-likeness (QED) is 0.780. The minimum atomic E-state index is -0.886. The van der Waals surface area contributed by atoms with Gasteiger partial charge in [0.2, 0.25) is 0 Å². The van der Waals surface area contributed by atoms with Crippen molar-refractivity contribution < 1.29 is 24.2 Å². The Labute approximate surface area is 131 Å². The highest BCUT2D eigenvalue weighted by Gasteiger charge is 2.16. The number of methoxy groups -OCH3 is 2. The van der Waals surface area contributed by atoms with Gasteiger partial charge in [-0.3, -0.25) is 9.59 Å². The molecule has 1 aromatic rings. The third-order valence-corrected chi connectivity index (χ3v) is 3.66. The predicted molar refractivity (Wildman–Crippen MR) is 81.0 cm³/mol. The summed E-state index contributed by atoms with van der Waals surface area (Å²) < 4.78 is 11.0. The van der Waals surface area contributed by atoms with E-state index in [-0.39, 0.29) is 18.4 Å². The molecule has 2 N–H and O–H groups in total. The maximum absolute atomic E-state index is 12.2. The summed E-state index contributed by atoms with van der Waals surface area (Å²) in [7, 11) is 2.99. The molecule has 0 fully saturated rings. The van der Waals surface area contributed by atoms with E-state index >= 15 is 0 Å². The molecule has 0 radical (unpaired) electrons. The lowest BCUT2D eigenvalue weighted by Crippen LogP contribution is -2.33. The van der Waals surface area contributed by atoms with Gasteiger partial charge in [0.25, 0.3) is 5.91 Å². The van der Waals surface area contributed by atoms with E-state index in [9.17, 15) is 9.59 Å². The van der Waals surface area contributed by atoms with Crippen LogP contribution in [0.1, 0.15) is 30.1 Å². The average molecular weight is 360 g/mol. The number of nitrogens with one attached hydrogen (secondary N) is 1. The molecule has 6 nitrogen and oxygen atoms in total. The Kier molecular flexibility index (Phi) is 6.48. The second-order valence-electron chi connectivity index (χ2n) is 4.50. The van der Waals surface area contributed by atoms with Crippen LogP contribution < -0.4 is 14.8 Å². The number of hydrogen-bond donors (Lipinski definition) is 2. The maximum atomic E-state index is 12.2. The van der Waals surface area contributed by atoms with Crippen molar-refractivity contribution in [3.05, 3.63) is 22.2 Å². The average Bonchev–Trinajstić information content (AvgIpc) is 2.45. The first kappa shape index (κ1) is 17.3. The second kappa shape index (κ2) is 7.87. The van der Waals surface area contributed by atoms with Gasteiger partial charge in [-0.05, 0) is 41.4 Å². The van der Waals surface area contributed by atoms with E-state index in [1.807, 2.05) is 0 Å². The van der Waals surface area contributed by atoms with Crippen molar-refractivity contribution in [1.29, 1.82) is 0 Å². The van der Waals surface area contributed by atoms with Crippen LogP contribution in [-0.4, -0.2) is 37.2 Å². The number of aliphatic carboxylic acids is 1. The molecule has 0 saturated carbocycles. The molecule has 116 valence electrons. The molecule has 1 atom stereocenters. The smallest absolute Gasteiger partial charge is 0.303 e. The van der Waals surface area contributed by atoms with Crippen molar-refractivity contribution in [2.45, 2.75) is 25.8 Å². The molecule has 21 heavy (non-hydrogen) atoms. The molecule has 0 aliphatic rings. The highest BCUT2D eigenvalue weighted by atomic mass is 79.9. The summed E-state index contributed by atoms with van der Waals surface area (Å²) in [5, 5.41) is 11.4. The first-order valence-corrected chi connectivity index (χ1v) is 7.12. The van der Waals surface area contributed by atoms with E-state index in [2.05, 4.69) is 21.2 Å². The largest absolute Gasteiger partial charge is 0.495 e. The monoisotopic (exact) mass is 359 g/mol. The van der Waals surface area contributed by atoms with Crippen LogP contribution in [0.3, 0.4) is 0 Å². The number of carbonyl (C=O) groups excluding carboxylic acids is 1. The first-order chi connectivity index (χ1) is 9.88. The van der Waals surface area contributed by atoms with Gasteiger partial charge in [0, 0.05) is 18.0 Å². The van der Waals surface area contributed by atoms with Gasteiger partial charge in [0.15, 0.2) is 0 Å². The molecule has 1 rings (SSSR count). The third-order valence-electron chi connectivity index (χ3n) is 2.88. The second-order valence-corrected chi connectivity index (χ2v) is 5.29. The number of hydrogen-bond acceptors (Lipinski definition) is 4. The molecule has 1 amide bonds. The van der Waals surface area contributed by atoms with Gasteiger partial charge < -0.3 is 19.9 Å². The van der Waals surface area contributed by atoms with E-state index in [0.29, 0.717) is 28.0 Å². The van der Waals surface area contributed by atoms with Crippen LogP contribution in [0, 0.1) is 0 Å². The molecule has 1 unspecified atom stereocenters. The van der Waals surface area contributed by atoms with Gasteiger partial charge in [0.05, 0.1) is 14.2 Å². The molecule has 0 spiro atoms. The Hall–Kier alpha value is -1.76. The molecule has 7 heteroatoms. The Balaban J connectivity index is 2.84. The van der Waals surface area contributed by atoms with Gasteiger partial charge >= 0.3 is 5.97 Å². The molecule has 0 aromatic heterocycles. The summed E-state index contributed by atoms with van der Waals surface area (Å²) in [5.41, 5.74) is 0.383. The van der Waals surface area contributed by atoms with Crippen molar-refractivity contribution in [3.8, 4) is 11.5 Å². The topological polar surface area (TPSA) is 84.9 Å². The molecular formula is C14H18BrNO5. The van der Waals surface area contributed by atoms with Crippen LogP contribution >= 0.6 is 15.9 Å². The zero-order valence-corrected chi connectivity index (χ0v) is 13.7. The van der Waals surface area contributed by atoms with Crippen molar-refractivity contribution >= 4 is 27.8 Å². The van der Waals surface area contributed by atoms with Crippen LogP contribution in [-0.2, 0) is 4.79 Å². The number of amides is 1. The molecule has 0 heterocycles. The minimum absolute atomic E-state index is 0.00836. The highest BCUT2D eigenvalue weighted by molar-refractivity contribution is 9.10. The van der Waals surface area contributed by atoms with Gasteiger partial charge in [-0.1, -0.05) is 0 Å². The number of carbonyl (C=O) groups is 2. The number of carboxylic acid groups (broad SMARTS) is 1. The number of ether oxygens (including phenoxy) is 2. The zero-order chi connectivity index (χ0) is 16.0. The van der Waals surface area contributed by atoms with E-state index in [1.165, 1.54) is 14.2 Å². The lowest BCUT2D eigenvalue weighted by atomic mass is 10.1. The predicted octanol–water partition coefficient (Wildman–Crippen LogP) is 2.45. The SMILES string of the molecule is COc1cc(C(=O)NC(C)CCC(=O)O)cc(OC)c1Br. The fourth-order valence-electron chi connectivity index (χ4n) is 1.72. The molecule has 0 saturated heterocycles. The van der Waals surface area contributed by atoms with Crippen LogP contribution in [0.5, 0.6) is 11.5 Å². The fourth-order valence-corrected chi connectivity index (χ4v) is 2.27. The van der Waals surface area contributed by atoms with E-state index in [4.69, 9.17) is 14.6 Å². The standard InChI is InChI=1S/C14H18BrNO5/c1-8(4-5-12(17)18)16-14(19)9-6-10(20-2)13(15)11(7-9)21-3/h6-8H,4-5H2,1-3H3,(H,16,19)(H,17,18). The highest BCUT2D eigenvalue weighted by Crippen LogP contribution is 2.35. The van der Waals surface area contributed by atoms with Crippen molar-refractivity contribution in [1.82, 2.24) is 5.32 Å². The van der Waals surface area contributed by atoms with Crippen LogP contribution in [0.2, 0.25) is 0 Å². The molecule has 0 bridgehead atoms. The zero-order valence-electron chi connectivity index (χ0n) is 12.1. The van der Waals surface area contributed by atoms with Crippen molar-refractivity contribution in [2.75, 3.05) is 14.2 Å². The molecule has 0 aliphatic heterocycles. The normalized spacial score (nSPS) is 11.6. The van der Waals surface area contributed by atoms with Gasteiger partial charge in [-0.2, -0.15) is 0 Å². The van der Waals surface area contributed by atoms with Gasteiger partial charge in [-0.25, -0.2) is 0 Å². The summed E-state index contributed by atoms with van der Waals surface area (Å²) in [6.45, 7) is 1.76. The Morgan fingerprint density at radius 3 is 2.24 bits per heavy atom. The Bertz CT molecular complexity index is 507. The van der Waals surface area contributed by atoms with Crippen LogP contribution in [0.4, 0.5) is 0 Å². The van der Waals surface area contributed by atoms with E-state index < -0.39 is 5.97 Å². The number of carboxylic acids is 1. The van der Waals surface area contributed by atoms with Crippen LogP contribution in [0.25, 0.3) is 0 Å². The Morgan fingerprint density at radius 2 is 1.81 bits per heavy atom. The fraction of sp³-hybridized carbons (Fsp3) is 0.429. The molecular weight excluding hydrogens is 342 g/mol. The summed E-state index contributed by atoms with van der Waals surface area (Å²) in [6.07, 6.45) is 0.375. The summed E-state index contributed by atoms with van der Waals surface area (Å²) >= 11 is 3.33. The number of halogens is 1. The van der Waals surface area contributed by atoms with Gasteiger partial charge in [0.1, 0.15) is 16.0 Å². The van der Waals surface area contributed by atoms with Crippen LogP contribution in [0.15, 0.2) is 16.6 Å². The minimum Gasteiger partial charge on any atom is -0.495 e. The lowest BCUT2D eigenvalue weighted by molar-refractivity contribution is -0.137. The first-order valence-electron chi connectivity index (χ1n) is 6.33. The van der Waals surface area contributed by atoms with Crippen molar-refractivity contribution in [3.63, 3.8) is 0 Å². The molecule has 1 aromatic carbocycles. The number of benzene rings is 1. The summed E-state index contributed by atoms with van der Waals surface area (Å²) in [6, 6.07) is 2.94. The lowest BCUT2D eigenvalue weighted by Gasteiger charge is -2.15. The van der Waals surface area contributed by atoms with E-state index in [1.54, 1.807) is 19.1 Å². The van der Waals surface area contributed by atoms with E-state index in [0.717, 1.165) is 0 Å². The molecule has 0 aliphatic carbocycles. The number of rotatable bonds is 7. The maximum Gasteiger partial charge on any atom is 0.303 e. The van der Waals surface area contributed by atoms with Gasteiger partial charge in [-0.15, -0.1) is 0 Å².